The lowest BCUT2D eigenvalue weighted by atomic mass is 10.0. The molecule has 35 heavy (non-hydrogen) atoms. The Morgan fingerprint density at radius 3 is 2.17 bits per heavy atom. The Bertz CT molecular complexity index is 1060. The molecule has 0 amide bonds. The van der Waals surface area contributed by atoms with Crippen LogP contribution in [-0.2, 0) is 19.1 Å². The van der Waals surface area contributed by atoms with Gasteiger partial charge in [0.2, 0.25) is 6.29 Å². The van der Waals surface area contributed by atoms with E-state index in [1.165, 1.54) is 0 Å². The first-order valence-corrected chi connectivity index (χ1v) is 10.8. The highest BCUT2D eigenvalue weighted by Crippen LogP contribution is 2.34. The van der Waals surface area contributed by atoms with Crippen molar-refractivity contribution in [2.24, 2.45) is 0 Å². The summed E-state index contributed by atoms with van der Waals surface area (Å²) in [7, 11) is 0. The highest BCUT2D eigenvalue weighted by molar-refractivity contribution is 5.86. The number of ether oxygens (including phenoxy) is 5. The van der Waals surface area contributed by atoms with E-state index < -0.39 is 18.2 Å². The number of hydrogen-bond donors (Lipinski definition) is 1. The number of carbonyl (C=O) groups is 2. The third-order valence-electron chi connectivity index (χ3n) is 4.47. The van der Waals surface area contributed by atoms with E-state index in [2.05, 4.69) is 19.7 Å². The van der Waals surface area contributed by atoms with E-state index in [1.807, 2.05) is 18.2 Å². The van der Waals surface area contributed by atoms with Crippen LogP contribution in [0.2, 0.25) is 0 Å². The third-order valence-corrected chi connectivity index (χ3v) is 4.47. The van der Waals surface area contributed by atoms with E-state index in [0.29, 0.717) is 28.4 Å². The molecule has 0 radical (unpaired) electrons. The quantitative estimate of drug-likeness (QED) is 0.140. The molecule has 1 unspecified atom stereocenters. The van der Waals surface area contributed by atoms with Crippen LogP contribution in [0, 0.1) is 0 Å². The molecule has 0 bridgehead atoms. The molecule has 8 heteroatoms. The summed E-state index contributed by atoms with van der Waals surface area (Å²) in [5.41, 5.74) is 2.38. The van der Waals surface area contributed by atoms with Gasteiger partial charge < -0.3 is 28.8 Å². The number of rotatable bonds is 14. The normalized spacial score (nSPS) is 11.1. The summed E-state index contributed by atoms with van der Waals surface area (Å²) in [6.45, 7) is 14.1. The Morgan fingerprint density at radius 2 is 1.54 bits per heavy atom. The maximum atomic E-state index is 11.5. The highest BCUT2D eigenvalue weighted by atomic mass is 16.6. The number of aliphatic hydroxyl groups excluding tert-OH is 1. The average Bonchev–Trinajstić information content (AvgIpc) is 2.84. The van der Waals surface area contributed by atoms with Gasteiger partial charge in [-0.1, -0.05) is 31.9 Å². The van der Waals surface area contributed by atoms with E-state index >= 15 is 0 Å². The van der Waals surface area contributed by atoms with E-state index in [1.54, 1.807) is 38.1 Å². The van der Waals surface area contributed by atoms with Crippen LogP contribution in [0.5, 0.6) is 17.2 Å². The fourth-order valence-corrected chi connectivity index (χ4v) is 2.66. The largest absolute Gasteiger partial charge is 0.490 e. The highest BCUT2D eigenvalue weighted by Gasteiger charge is 2.12. The molecule has 2 aromatic rings. The molecule has 0 aliphatic carbocycles. The predicted octanol–water partition coefficient (Wildman–Crippen LogP) is 4.23. The molecule has 0 fully saturated rings. The van der Waals surface area contributed by atoms with Crippen molar-refractivity contribution in [3.63, 3.8) is 0 Å². The van der Waals surface area contributed by atoms with Gasteiger partial charge >= 0.3 is 11.9 Å². The van der Waals surface area contributed by atoms with Crippen LogP contribution >= 0.6 is 0 Å². The van der Waals surface area contributed by atoms with Gasteiger partial charge in [0.1, 0.15) is 43.7 Å². The van der Waals surface area contributed by atoms with Gasteiger partial charge in [0.05, 0.1) is 0 Å². The number of hydrogen-bond acceptors (Lipinski definition) is 8. The molecule has 0 saturated carbocycles. The summed E-state index contributed by atoms with van der Waals surface area (Å²) < 4.78 is 26.9. The minimum atomic E-state index is -1.09. The summed E-state index contributed by atoms with van der Waals surface area (Å²) in [6.07, 6.45) is -0.0151. The van der Waals surface area contributed by atoms with Gasteiger partial charge in [0.25, 0.3) is 0 Å². The standard InChI is InChI=1S/C27H30O8/c1-6-25(28)33-15-14-32-24-17-22(31-13-16-34-26(29)18(2)3)11-12-23(24)20-7-9-21(10-8-20)35-27(30)19(4)5/h6-12,17,27,30H,1-2,4,13-16H2,3,5H3. The van der Waals surface area contributed by atoms with E-state index in [0.717, 1.165) is 17.2 Å². The predicted molar refractivity (Wildman–Crippen MR) is 131 cm³/mol. The molecule has 1 atom stereocenters. The van der Waals surface area contributed by atoms with E-state index in [9.17, 15) is 14.7 Å². The second kappa shape index (κ2) is 13.6. The number of benzene rings is 2. The Labute approximate surface area is 205 Å². The van der Waals surface area contributed by atoms with Crippen molar-refractivity contribution in [3.05, 3.63) is 79.4 Å². The number of aliphatic hydroxyl groups is 1. The molecule has 2 rings (SSSR count). The lowest BCUT2D eigenvalue weighted by molar-refractivity contribution is -0.140. The third kappa shape index (κ3) is 9.02. The van der Waals surface area contributed by atoms with E-state index in [4.69, 9.17) is 23.7 Å². The van der Waals surface area contributed by atoms with Crippen molar-refractivity contribution in [1.82, 2.24) is 0 Å². The van der Waals surface area contributed by atoms with Crippen molar-refractivity contribution in [1.29, 1.82) is 0 Å². The van der Waals surface area contributed by atoms with Gasteiger partial charge in [-0.2, -0.15) is 0 Å². The zero-order valence-corrected chi connectivity index (χ0v) is 20.0. The zero-order chi connectivity index (χ0) is 25.8. The van der Waals surface area contributed by atoms with Crippen LogP contribution in [-0.4, -0.2) is 49.8 Å². The van der Waals surface area contributed by atoms with Crippen molar-refractivity contribution in [2.45, 2.75) is 20.1 Å². The lowest BCUT2D eigenvalue weighted by Crippen LogP contribution is -2.15. The van der Waals surface area contributed by atoms with Crippen molar-refractivity contribution < 1.29 is 38.4 Å². The second-order valence-corrected chi connectivity index (χ2v) is 7.48. The van der Waals surface area contributed by atoms with Crippen LogP contribution in [0.1, 0.15) is 13.8 Å². The van der Waals surface area contributed by atoms with Crippen molar-refractivity contribution in [2.75, 3.05) is 26.4 Å². The van der Waals surface area contributed by atoms with Gasteiger partial charge in [-0.15, -0.1) is 0 Å². The zero-order valence-electron chi connectivity index (χ0n) is 20.0. The molecule has 1 N–H and O–H groups in total. The van der Waals surface area contributed by atoms with Crippen LogP contribution in [0.4, 0.5) is 0 Å². The summed E-state index contributed by atoms with van der Waals surface area (Å²) in [5, 5.41) is 9.83. The van der Waals surface area contributed by atoms with Gasteiger partial charge in [0, 0.05) is 23.3 Å². The summed E-state index contributed by atoms with van der Waals surface area (Å²) in [5.74, 6) is 0.453. The molecule has 2 aromatic carbocycles. The first-order chi connectivity index (χ1) is 16.7. The van der Waals surface area contributed by atoms with Gasteiger partial charge in [-0.05, 0) is 49.2 Å². The van der Waals surface area contributed by atoms with Gasteiger partial charge in [0.15, 0.2) is 0 Å². The Balaban J connectivity index is 2.14. The Morgan fingerprint density at radius 1 is 0.914 bits per heavy atom. The lowest BCUT2D eigenvalue weighted by Gasteiger charge is -2.16. The summed E-state index contributed by atoms with van der Waals surface area (Å²) in [4.78, 5) is 22.7. The van der Waals surface area contributed by atoms with Gasteiger partial charge in [-0.3, -0.25) is 0 Å². The average molecular weight is 483 g/mol. The molecule has 0 heterocycles. The molecule has 0 aromatic heterocycles. The number of esters is 2. The molecule has 0 aliphatic heterocycles. The monoisotopic (exact) mass is 482 g/mol. The minimum Gasteiger partial charge on any atom is -0.490 e. The molecule has 0 aliphatic rings. The Kier molecular flexibility index (Phi) is 10.6. The SMILES string of the molecule is C=CC(=O)OCCOc1cc(OCCOC(=O)C(=C)C)ccc1-c1ccc(OC(O)C(=C)C)cc1. The number of carbonyl (C=O) groups excluding carboxylic acids is 2. The van der Waals surface area contributed by atoms with Crippen LogP contribution in [0.3, 0.4) is 0 Å². The van der Waals surface area contributed by atoms with Crippen molar-refractivity contribution >= 4 is 11.9 Å². The first-order valence-electron chi connectivity index (χ1n) is 10.8. The Hall–Kier alpha value is -4.04. The van der Waals surface area contributed by atoms with Gasteiger partial charge in [-0.25, -0.2) is 9.59 Å². The van der Waals surface area contributed by atoms with E-state index in [-0.39, 0.29) is 26.4 Å². The van der Waals surface area contributed by atoms with Crippen molar-refractivity contribution in [3.8, 4) is 28.4 Å². The summed E-state index contributed by atoms with van der Waals surface area (Å²) in [6, 6.07) is 12.3. The molecule has 8 nitrogen and oxygen atoms in total. The fourth-order valence-electron chi connectivity index (χ4n) is 2.66. The molecule has 0 saturated heterocycles. The second-order valence-electron chi connectivity index (χ2n) is 7.48. The fraction of sp³-hybridized carbons (Fsp3) is 0.259. The maximum Gasteiger partial charge on any atom is 0.333 e. The topological polar surface area (TPSA) is 101 Å². The molecule has 0 spiro atoms. The molecular weight excluding hydrogens is 452 g/mol. The molecular formula is C27H30O8. The summed E-state index contributed by atoms with van der Waals surface area (Å²) >= 11 is 0. The van der Waals surface area contributed by atoms with Crippen LogP contribution in [0.25, 0.3) is 11.1 Å². The smallest absolute Gasteiger partial charge is 0.333 e. The maximum absolute atomic E-state index is 11.5. The molecule has 186 valence electrons. The first kappa shape index (κ1) is 27.2. The van der Waals surface area contributed by atoms with Crippen LogP contribution < -0.4 is 14.2 Å². The van der Waals surface area contributed by atoms with Crippen LogP contribution in [0.15, 0.2) is 79.4 Å². The minimum absolute atomic E-state index is 0.0395.